The van der Waals surface area contributed by atoms with Crippen LogP contribution in [0.5, 0.6) is 0 Å². The first-order chi connectivity index (χ1) is 9.16. The van der Waals surface area contributed by atoms with E-state index in [0.717, 1.165) is 11.1 Å². The second kappa shape index (κ2) is 4.51. The van der Waals surface area contributed by atoms with E-state index in [2.05, 4.69) is 10.4 Å². The van der Waals surface area contributed by atoms with E-state index in [1.807, 2.05) is 24.3 Å². The zero-order valence-electron chi connectivity index (χ0n) is 10.6. The molecule has 0 radical (unpaired) electrons. The standard InChI is InChI=1S/C14H15N3O2/c1-17-11(6-7-15-17)14(19)16-13-10-5-3-2-4-9(10)8-12(13)18/h2-7,12-13,18H,8H2,1H3,(H,16,19)/t12-,13+/m1/s1. The van der Waals surface area contributed by atoms with Crippen molar-refractivity contribution in [2.24, 2.45) is 7.05 Å². The summed E-state index contributed by atoms with van der Waals surface area (Å²) in [4.78, 5) is 12.2. The molecule has 0 bridgehead atoms. The highest BCUT2D eigenvalue weighted by Crippen LogP contribution is 2.31. The van der Waals surface area contributed by atoms with Gasteiger partial charge in [0, 0.05) is 19.7 Å². The number of fused-ring (bicyclic) bond motifs is 1. The molecule has 3 rings (SSSR count). The number of rotatable bonds is 2. The number of hydrogen-bond acceptors (Lipinski definition) is 3. The molecular weight excluding hydrogens is 242 g/mol. The molecule has 0 saturated carbocycles. The number of aliphatic hydroxyl groups excluding tert-OH is 1. The van der Waals surface area contributed by atoms with E-state index in [4.69, 9.17) is 0 Å². The van der Waals surface area contributed by atoms with Crippen LogP contribution in [0.2, 0.25) is 0 Å². The Hall–Kier alpha value is -2.14. The maximum absolute atomic E-state index is 12.2. The maximum atomic E-state index is 12.2. The number of aliphatic hydroxyl groups is 1. The summed E-state index contributed by atoms with van der Waals surface area (Å²) in [6.45, 7) is 0. The Morgan fingerprint density at radius 3 is 2.95 bits per heavy atom. The minimum Gasteiger partial charge on any atom is -0.390 e. The maximum Gasteiger partial charge on any atom is 0.270 e. The van der Waals surface area contributed by atoms with Gasteiger partial charge >= 0.3 is 0 Å². The van der Waals surface area contributed by atoms with Crippen LogP contribution < -0.4 is 5.32 Å². The molecule has 0 saturated heterocycles. The van der Waals surface area contributed by atoms with Crippen molar-refractivity contribution in [2.75, 3.05) is 0 Å². The van der Waals surface area contributed by atoms with Gasteiger partial charge < -0.3 is 10.4 Å². The summed E-state index contributed by atoms with van der Waals surface area (Å²) in [5.41, 5.74) is 2.56. The lowest BCUT2D eigenvalue weighted by Gasteiger charge is -2.17. The average molecular weight is 257 g/mol. The number of nitrogens with zero attached hydrogens (tertiary/aromatic N) is 2. The number of aryl methyl sites for hydroxylation is 1. The van der Waals surface area contributed by atoms with Gasteiger partial charge in [-0.3, -0.25) is 9.48 Å². The van der Waals surface area contributed by atoms with Crippen LogP contribution >= 0.6 is 0 Å². The Morgan fingerprint density at radius 1 is 1.42 bits per heavy atom. The van der Waals surface area contributed by atoms with E-state index in [9.17, 15) is 9.90 Å². The smallest absolute Gasteiger partial charge is 0.270 e. The van der Waals surface area contributed by atoms with Crippen LogP contribution in [0.25, 0.3) is 0 Å². The van der Waals surface area contributed by atoms with Gasteiger partial charge in [0.05, 0.1) is 12.1 Å². The molecule has 0 spiro atoms. The summed E-state index contributed by atoms with van der Waals surface area (Å²) in [5, 5.41) is 16.9. The Bertz CT molecular complexity index is 621. The normalized spacial score (nSPS) is 21.2. The summed E-state index contributed by atoms with van der Waals surface area (Å²) in [6.07, 6.45) is 1.58. The average Bonchev–Trinajstić information content (AvgIpc) is 2.94. The molecule has 5 nitrogen and oxygen atoms in total. The summed E-state index contributed by atoms with van der Waals surface area (Å²) >= 11 is 0. The number of carbonyl (C=O) groups excluding carboxylic acids is 1. The fourth-order valence-electron chi connectivity index (χ4n) is 2.56. The molecule has 1 amide bonds. The van der Waals surface area contributed by atoms with Crippen LogP contribution in [0, 0.1) is 0 Å². The first-order valence-corrected chi connectivity index (χ1v) is 6.21. The van der Waals surface area contributed by atoms with Gasteiger partial charge in [0.15, 0.2) is 0 Å². The molecular formula is C14H15N3O2. The monoisotopic (exact) mass is 257 g/mol. The number of hydrogen-bond donors (Lipinski definition) is 2. The van der Waals surface area contributed by atoms with E-state index >= 15 is 0 Å². The van der Waals surface area contributed by atoms with Gasteiger partial charge in [0.2, 0.25) is 0 Å². The Kier molecular flexibility index (Phi) is 2.83. The van der Waals surface area contributed by atoms with Crippen LogP contribution in [-0.4, -0.2) is 26.9 Å². The SMILES string of the molecule is Cn1nccc1C(=O)N[C@H]1c2ccccc2C[C@H]1O. The fraction of sp³-hybridized carbons (Fsp3) is 0.286. The number of carbonyl (C=O) groups is 1. The van der Waals surface area contributed by atoms with E-state index in [-0.39, 0.29) is 11.9 Å². The highest BCUT2D eigenvalue weighted by Gasteiger charge is 2.32. The zero-order valence-corrected chi connectivity index (χ0v) is 10.6. The molecule has 0 aliphatic heterocycles. The molecule has 1 aromatic carbocycles. The number of nitrogens with one attached hydrogen (secondary N) is 1. The molecule has 2 aromatic rings. The van der Waals surface area contributed by atoms with E-state index in [1.54, 1.807) is 19.3 Å². The van der Waals surface area contributed by atoms with Crippen molar-refractivity contribution < 1.29 is 9.90 Å². The molecule has 1 aromatic heterocycles. The van der Waals surface area contributed by atoms with Crippen LogP contribution in [-0.2, 0) is 13.5 Å². The highest BCUT2D eigenvalue weighted by atomic mass is 16.3. The Labute approximate surface area is 110 Å². The highest BCUT2D eigenvalue weighted by molar-refractivity contribution is 5.92. The predicted molar refractivity (Wildman–Crippen MR) is 69.6 cm³/mol. The number of amides is 1. The minimum absolute atomic E-state index is 0.222. The van der Waals surface area contributed by atoms with Crippen molar-refractivity contribution in [3.05, 3.63) is 53.3 Å². The molecule has 5 heteroatoms. The molecule has 2 N–H and O–H groups in total. The van der Waals surface area contributed by atoms with E-state index in [1.165, 1.54) is 4.68 Å². The van der Waals surface area contributed by atoms with E-state index < -0.39 is 6.10 Å². The second-order valence-electron chi connectivity index (χ2n) is 4.76. The van der Waals surface area contributed by atoms with Crippen molar-refractivity contribution in [3.8, 4) is 0 Å². The summed E-state index contributed by atoms with van der Waals surface area (Å²) in [6, 6.07) is 9.09. The van der Waals surface area contributed by atoms with Crippen LogP contribution in [0.4, 0.5) is 0 Å². The van der Waals surface area contributed by atoms with Crippen LogP contribution in [0.15, 0.2) is 36.5 Å². The largest absolute Gasteiger partial charge is 0.390 e. The Balaban J connectivity index is 1.84. The van der Waals surface area contributed by atoms with Gasteiger partial charge in [-0.05, 0) is 17.2 Å². The van der Waals surface area contributed by atoms with Crippen molar-refractivity contribution in [3.63, 3.8) is 0 Å². The topological polar surface area (TPSA) is 67.2 Å². The lowest BCUT2D eigenvalue weighted by molar-refractivity contribution is 0.0849. The first kappa shape index (κ1) is 11.9. The van der Waals surface area contributed by atoms with Gasteiger partial charge in [-0.25, -0.2) is 0 Å². The number of aromatic nitrogens is 2. The van der Waals surface area contributed by atoms with Crippen molar-refractivity contribution in [1.29, 1.82) is 0 Å². The van der Waals surface area contributed by atoms with Crippen LogP contribution in [0.1, 0.15) is 27.7 Å². The zero-order chi connectivity index (χ0) is 13.4. The van der Waals surface area contributed by atoms with E-state index in [0.29, 0.717) is 12.1 Å². The van der Waals surface area contributed by atoms with Gasteiger partial charge in [-0.2, -0.15) is 5.10 Å². The summed E-state index contributed by atoms with van der Waals surface area (Å²) in [5.74, 6) is -0.222. The van der Waals surface area contributed by atoms with Crippen LogP contribution in [0.3, 0.4) is 0 Å². The molecule has 1 aliphatic rings. The van der Waals surface area contributed by atoms with Crippen molar-refractivity contribution in [1.82, 2.24) is 15.1 Å². The third-order valence-electron chi connectivity index (χ3n) is 3.54. The minimum atomic E-state index is -0.574. The lowest BCUT2D eigenvalue weighted by Crippen LogP contribution is -2.34. The summed E-state index contributed by atoms with van der Waals surface area (Å²) < 4.78 is 1.52. The first-order valence-electron chi connectivity index (χ1n) is 6.21. The molecule has 2 atom stereocenters. The Morgan fingerprint density at radius 2 is 2.21 bits per heavy atom. The predicted octanol–water partition coefficient (Wildman–Crippen LogP) is 0.808. The second-order valence-corrected chi connectivity index (χ2v) is 4.76. The third kappa shape index (κ3) is 2.02. The quantitative estimate of drug-likeness (QED) is 0.836. The number of benzene rings is 1. The molecule has 19 heavy (non-hydrogen) atoms. The molecule has 1 heterocycles. The molecule has 1 aliphatic carbocycles. The van der Waals surface area contributed by atoms with Gasteiger partial charge in [0.1, 0.15) is 5.69 Å². The van der Waals surface area contributed by atoms with Gasteiger partial charge in [-0.1, -0.05) is 24.3 Å². The molecule has 0 fully saturated rings. The van der Waals surface area contributed by atoms with Gasteiger partial charge in [-0.15, -0.1) is 0 Å². The lowest BCUT2D eigenvalue weighted by atomic mass is 10.1. The third-order valence-corrected chi connectivity index (χ3v) is 3.54. The van der Waals surface area contributed by atoms with Crippen molar-refractivity contribution >= 4 is 5.91 Å². The molecule has 0 unspecified atom stereocenters. The summed E-state index contributed by atoms with van der Waals surface area (Å²) in [7, 11) is 1.72. The van der Waals surface area contributed by atoms with Crippen molar-refractivity contribution in [2.45, 2.75) is 18.6 Å². The van der Waals surface area contributed by atoms with Gasteiger partial charge in [0.25, 0.3) is 5.91 Å². The molecule has 98 valence electrons. The fourth-order valence-corrected chi connectivity index (χ4v) is 2.56.